The molecule has 1 aliphatic heterocycles. The Balaban J connectivity index is 1.69. The van der Waals surface area contributed by atoms with Crippen molar-refractivity contribution in [3.63, 3.8) is 0 Å². The van der Waals surface area contributed by atoms with Gasteiger partial charge in [-0.2, -0.15) is 0 Å². The van der Waals surface area contributed by atoms with Gasteiger partial charge in [-0.1, -0.05) is 32.9 Å². The van der Waals surface area contributed by atoms with Crippen molar-refractivity contribution in [1.82, 2.24) is 0 Å². The molecule has 0 bridgehead atoms. The van der Waals surface area contributed by atoms with E-state index in [-0.39, 0.29) is 6.10 Å². The number of fused-ring (bicyclic) bond motifs is 1. The summed E-state index contributed by atoms with van der Waals surface area (Å²) in [6.45, 7) is 7.34. The number of aromatic hydroxyl groups is 1. The van der Waals surface area contributed by atoms with E-state index < -0.39 is 0 Å². The van der Waals surface area contributed by atoms with Gasteiger partial charge in [0.05, 0.1) is 6.61 Å². The van der Waals surface area contributed by atoms with Crippen LogP contribution in [0.5, 0.6) is 17.2 Å². The fourth-order valence-corrected chi connectivity index (χ4v) is 3.11. The highest BCUT2D eigenvalue weighted by molar-refractivity contribution is 5.42. The fourth-order valence-electron chi connectivity index (χ4n) is 3.11. The van der Waals surface area contributed by atoms with Gasteiger partial charge in [0.25, 0.3) is 0 Å². The molecule has 3 nitrogen and oxygen atoms in total. The second-order valence-corrected chi connectivity index (χ2v) is 7.11. The number of benzene rings is 2. The van der Waals surface area contributed by atoms with Crippen LogP contribution in [0.2, 0.25) is 0 Å². The molecule has 0 saturated carbocycles. The van der Waals surface area contributed by atoms with E-state index in [1.165, 1.54) is 0 Å². The van der Waals surface area contributed by atoms with Gasteiger partial charge in [0.2, 0.25) is 0 Å². The Hall–Kier alpha value is -2.16. The molecule has 2 atom stereocenters. The van der Waals surface area contributed by atoms with Crippen LogP contribution in [0, 0.1) is 11.8 Å². The lowest BCUT2D eigenvalue weighted by Crippen LogP contribution is -2.23. The second kappa shape index (κ2) is 7.16. The van der Waals surface area contributed by atoms with Crippen LogP contribution in [0.4, 0.5) is 0 Å². The molecule has 0 unspecified atom stereocenters. The topological polar surface area (TPSA) is 38.7 Å². The first kappa shape index (κ1) is 16.7. The van der Waals surface area contributed by atoms with Crippen molar-refractivity contribution in [2.75, 3.05) is 6.61 Å². The van der Waals surface area contributed by atoms with Gasteiger partial charge in [-0.05, 0) is 60.2 Å². The Bertz CT molecular complexity index is 676. The predicted molar refractivity (Wildman–Crippen MR) is 95.7 cm³/mol. The molecule has 0 aliphatic carbocycles. The van der Waals surface area contributed by atoms with E-state index in [2.05, 4.69) is 32.9 Å². The number of rotatable bonds is 5. The largest absolute Gasteiger partial charge is 0.508 e. The number of phenolic OH excluding ortho intramolecular Hbond substituents is 1. The maximum Gasteiger partial charge on any atom is 0.127 e. The standard InChI is InChI=1S/C21H26O3/c1-14(2)10-11-23-19-7-4-16(5-8-19)21-15(3)12-17-13-18(22)6-9-20(17)24-21/h4-9,13-15,21-22H,10-12H2,1-3H3/t15-,21-/m1/s1. The zero-order chi connectivity index (χ0) is 17.1. The van der Waals surface area contributed by atoms with E-state index in [1.807, 2.05) is 18.2 Å². The molecule has 0 aromatic heterocycles. The predicted octanol–water partition coefficient (Wildman–Crippen LogP) is 5.13. The third-order valence-electron chi connectivity index (χ3n) is 4.53. The molecular formula is C21H26O3. The van der Waals surface area contributed by atoms with Crippen molar-refractivity contribution < 1.29 is 14.6 Å². The molecule has 0 saturated heterocycles. The van der Waals surface area contributed by atoms with Gasteiger partial charge in [-0.3, -0.25) is 0 Å². The maximum absolute atomic E-state index is 9.62. The fraction of sp³-hybridized carbons (Fsp3) is 0.429. The summed E-state index contributed by atoms with van der Waals surface area (Å²) in [7, 11) is 0. The van der Waals surface area contributed by atoms with Gasteiger partial charge in [-0.15, -0.1) is 0 Å². The Kier molecular flexibility index (Phi) is 4.98. The molecule has 0 amide bonds. The Morgan fingerprint density at radius 2 is 1.92 bits per heavy atom. The van der Waals surface area contributed by atoms with E-state index in [0.29, 0.717) is 17.6 Å². The van der Waals surface area contributed by atoms with E-state index in [4.69, 9.17) is 9.47 Å². The molecule has 0 spiro atoms. The van der Waals surface area contributed by atoms with Crippen LogP contribution in [0.1, 0.15) is 44.4 Å². The zero-order valence-corrected chi connectivity index (χ0v) is 14.7. The van der Waals surface area contributed by atoms with Crippen LogP contribution >= 0.6 is 0 Å². The van der Waals surface area contributed by atoms with Crippen LogP contribution in [-0.4, -0.2) is 11.7 Å². The lowest BCUT2D eigenvalue weighted by atomic mass is 9.88. The maximum atomic E-state index is 9.62. The Labute approximate surface area is 144 Å². The zero-order valence-electron chi connectivity index (χ0n) is 14.7. The number of phenols is 1. The van der Waals surface area contributed by atoms with Gasteiger partial charge < -0.3 is 14.6 Å². The van der Waals surface area contributed by atoms with Crippen LogP contribution < -0.4 is 9.47 Å². The van der Waals surface area contributed by atoms with Crippen LogP contribution in [0.15, 0.2) is 42.5 Å². The second-order valence-electron chi connectivity index (χ2n) is 7.11. The summed E-state index contributed by atoms with van der Waals surface area (Å²) in [4.78, 5) is 0. The van der Waals surface area contributed by atoms with Gasteiger partial charge in [0.1, 0.15) is 23.4 Å². The Morgan fingerprint density at radius 1 is 1.17 bits per heavy atom. The highest BCUT2D eigenvalue weighted by atomic mass is 16.5. The summed E-state index contributed by atoms with van der Waals surface area (Å²) in [5, 5.41) is 9.62. The summed E-state index contributed by atoms with van der Waals surface area (Å²) in [6.07, 6.45) is 2.00. The molecule has 3 heteroatoms. The van der Waals surface area contributed by atoms with Crippen molar-refractivity contribution in [3.05, 3.63) is 53.6 Å². The first-order valence-electron chi connectivity index (χ1n) is 8.74. The number of hydrogen-bond acceptors (Lipinski definition) is 3. The first-order chi connectivity index (χ1) is 11.5. The number of hydrogen-bond donors (Lipinski definition) is 1. The monoisotopic (exact) mass is 326 g/mol. The first-order valence-corrected chi connectivity index (χ1v) is 8.74. The molecule has 2 aromatic carbocycles. The van der Waals surface area contributed by atoms with Crippen molar-refractivity contribution in [2.45, 2.75) is 39.7 Å². The lowest BCUT2D eigenvalue weighted by Gasteiger charge is -2.32. The molecule has 3 rings (SSSR count). The average Bonchev–Trinajstić information content (AvgIpc) is 2.54. The van der Waals surface area contributed by atoms with E-state index in [0.717, 1.165) is 42.1 Å². The number of ether oxygens (including phenoxy) is 2. The molecule has 2 aromatic rings. The van der Waals surface area contributed by atoms with Crippen LogP contribution in [-0.2, 0) is 6.42 Å². The van der Waals surface area contributed by atoms with E-state index >= 15 is 0 Å². The smallest absolute Gasteiger partial charge is 0.127 e. The molecule has 1 N–H and O–H groups in total. The van der Waals surface area contributed by atoms with Gasteiger partial charge in [0, 0.05) is 5.92 Å². The van der Waals surface area contributed by atoms with Gasteiger partial charge >= 0.3 is 0 Å². The highest BCUT2D eigenvalue weighted by Crippen LogP contribution is 2.40. The van der Waals surface area contributed by atoms with Gasteiger partial charge in [0.15, 0.2) is 0 Å². The van der Waals surface area contributed by atoms with Crippen LogP contribution in [0.3, 0.4) is 0 Å². The SMILES string of the molecule is CC(C)CCOc1ccc([C@@H]2Oc3ccc(O)cc3C[C@H]2C)cc1. The third kappa shape index (κ3) is 3.84. The van der Waals surface area contributed by atoms with Crippen molar-refractivity contribution in [3.8, 4) is 17.2 Å². The summed E-state index contributed by atoms with van der Waals surface area (Å²) < 4.78 is 12.0. The summed E-state index contributed by atoms with van der Waals surface area (Å²) in [5.74, 6) is 3.08. The molecule has 128 valence electrons. The van der Waals surface area contributed by atoms with E-state index in [9.17, 15) is 5.11 Å². The molecule has 1 heterocycles. The summed E-state index contributed by atoms with van der Waals surface area (Å²) >= 11 is 0. The minimum absolute atomic E-state index is 0.0340. The summed E-state index contributed by atoms with van der Waals surface area (Å²) in [6, 6.07) is 13.6. The van der Waals surface area contributed by atoms with Gasteiger partial charge in [-0.25, -0.2) is 0 Å². The molecular weight excluding hydrogens is 300 g/mol. The Morgan fingerprint density at radius 3 is 2.62 bits per heavy atom. The molecule has 0 radical (unpaired) electrons. The minimum atomic E-state index is 0.0340. The quantitative estimate of drug-likeness (QED) is 0.828. The van der Waals surface area contributed by atoms with Crippen molar-refractivity contribution >= 4 is 0 Å². The minimum Gasteiger partial charge on any atom is -0.508 e. The van der Waals surface area contributed by atoms with Crippen LogP contribution in [0.25, 0.3) is 0 Å². The lowest BCUT2D eigenvalue weighted by molar-refractivity contribution is 0.123. The van der Waals surface area contributed by atoms with Crippen molar-refractivity contribution in [2.24, 2.45) is 11.8 Å². The normalized spacial score (nSPS) is 19.7. The van der Waals surface area contributed by atoms with Crippen molar-refractivity contribution in [1.29, 1.82) is 0 Å². The molecule has 0 fully saturated rings. The molecule has 24 heavy (non-hydrogen) atoms. The average molecular weight is 326 g/mol. The summed E-state index contributed by atoms with van der Waals surface area (Å²) in [5.41, 5.74) is 2.24. The highest BCUT2D eigenvalue weighted by Gasteiger charge is 2.28. The third-order valence-corrected chi connectivity index (χ3v) is 4.53. The van der Waals surface area contributed by atoms with E-state index in [1.54, 1.807) is 12.1 Å². The molecule has 1 aliphatic rings.